The molecule has 0 saturated carbocycles. The molecular formula is C11H20O4. The van der Waals surface area contributed by atoms with Gasteiger partial charge in [0, 0.05) is 20.3 Å². The molecule has 0 saturated heterocycles. The fourth-order valence-corrected chi connectivity index (χ4v) is 0. The molecule has 15 heavy (non-hydrogen) atoms. The SMILES string of the molecule is CC(=O)C(C)=O.CC(C)=O.CCC(C)=O. The molecule has 0 radical (unpaired) electrons. The highest BCUT2D eigenvalue weighted by Crippen LogP contribution is 1.71. The Morgan fingerprint density at radius 1 is 0.733 bits per heavy atom. The summed E-state index contributed by atoms with van der Waals surface area (Å²) in [6, 6.07) is 0. The number of carbonyl (C=O) groups excluding carboxylic acids is 4. The standard InChI is InChI=1S/C4H6O2.C4H8O.C3H6O/c1-3(5)4(2)6;1-3-4(2)5;1-3(2)4/h1-2H3;3H2,1-2H3;1-2H3. The molecule has 0 bridgehead atoms. The lowest BCUT2D eigenvalue weighted by molar-refractivity contribution is -0.134. The van der Waals surface area contributed by atoms with Crippen LogP contribution in [0.15, 0.2) is 0 Å². The lowest BCUT2D eigenvalue weighted by Gasteiger charge is -1.73. The quantitative estimate of drug-likeness (QED) is 0.659. The largest absolute Gasteiger partial charge is 0.300 e. The normalized spacial score (nSPS) is 7.33. The molecule has 88 valence electrons. The van der Waals surface area contributed by atoms with Crippen LogP contribution in [0.4, 0.5) is 0 Å². The third-order valence-corrected chi connectivity index (χ3v) is 0.994. The van der Waals surface area contributed by atoms with Crippen LogP contribution >= 0.6 is 0 Å². The van der Waals surface area contributed by atoms with E-state index in [1.807, 2.05) is 6.92 Å². The second kappa shape index (κ2) is 12.7. The van der Waals surface area contributed by atoms with Gasteiger partial charge in [-0.3, -0.25) is 9.59 Å². The zero-order valence-corrected chi connectivity index (χ0v) is 10.3. The number of hydrogen-bond donors (Lipinski definition) is 0. The first kappa shape index (κ1) is 19.3. The number of ketones is 4. The molecule has 0 unspecified atom stereocenters. The van der Waals surface area contributed by atoms with Gasteiger partial charge >= 0.3 is 0 Å². The van der Waals surface area contributed by atoms with Crippen molar-refractivity contribution in [2.75, 3.05) is 0 Å². The summed E-state index contributed by atoms with van der Waals surface area (Å²) >= 11 is 0. The number of carbonyl (C=O) groups is 4. The minimum atomic E-state index is -0.380. The van der Waals surface area contributed by atoms with Crippen molar-refractivity contribution >= 4 is 23.1 Å². The van der Waals surface area contributed by atoms with Gasteiger partial charge in [-0.05, 0) is 20.8 Å². The number of Topliss-reactive ketones (excluding diaryl/α,β-unsaturated/α-hetero) is 4. The molecule has 0 atom stereocenters. The van der Waals surface area contributed by atoms with Crippen molar-refractivity contribution < 1.29 is 19.2 Å². The molecule has 4 heteroatoms. The van der Waals surface area contributed by atoms with Gasteiger partial charge in [0.05, 0.1) is 0 Å². The van der Waals surface area contributed by atoms with E-state index in [2.05, 4.69) is 0 Å². The minimum Gasteiger partial charge on any atom is -0.300 e. The first-order valence-electron chi connectivity index (χ1n) is 4.63. The highest BCUT2D eigenvalue weighted by Gasteiger charge is 1.94. The van der Waals surface area contributed by atoms with E-state index in [1.54, 1.807) is 6.92 Å². The average molecular weight is 216 g/mol. The van der Waals surface area contributed by atoms with Crippen molar-refractivity contribution in [3.05, 3.63) is 0 Å². The maximum Gasteiger partial charge on any atom is 0.195 e. The van der Waals surface area contributed by atoms with Crippen LogP contribution in [0, 0.1) is 0 Å². The smallest absolute Gasteiger partial charge is 0.195 e. The topological polar surface area (TPSA) is 68.3 Å². The maximum atomic E-state index is 9.81. The van der Waals surface area contributed by atoms with Crippen LogP contribution in [0.3, 0.4) is 0 Å². The monoisotopic (exact) mass is 216 g/mol. The molecule has 0 aromatic heterocycles. The van der Waals surface area contributed by atoms with E-state index in [1.165, 1.54) is 27.7 Å². The minimum absolute atomic E-state index is 0.167. The number of hydrogen-bond acceptors (Lipinski definition) is 4. The Morgan fingerprint density at radius 2 is 0.867 bits per heavy atom. The van der Waals surface area contributed by atoms with Crippen LogP contribution in [0.25, 0.3) is 0 Å². The van der Waals surface area contributed by atoms with E-state index in [0.29, 0.717) is 6.42 Å². The van der Waals surface area contributed by atoms with E-state index in [0.717, 1.165) is 0 Å². The summed E-state index contributed by atoms with van der Waals surface area (Å²) in [6.45, 7) is 8.99. The summed E-state index contributed by atoms with van der Waals surface area (Å²) < 4.78 is 0. The third-order valence-electron chi connectivity index (χ3n) is 0.994. The summed E-state index contributed by atoms with van der Waals surface area (Å²) in [5.41, 5.74) is 0. The summed E-state index contributed by atoms with van der Waals surface area (Å²) in [5.74, 6) is -0.338. The van der Waals surface area contributed by atoms with Gasteiger partial charge in [-0.25, -0.2) is 0 Å². The summed E-state index contributed by atoms with van der Waals surface area (Å²) in [6.07, 6.45) is 0.667. The van der Waals surface area contributed by atoms with Crippen LogP contribution in [-0.4, -0.2) is 23.1 Å². The zero-order chi connectivity index (χ0) is 13.0. The van der Waals surface area contributed by atoms with Gasteiger partial charge in [-0.1, -0.05) is 6.92 Å². The van der Waals surface area contributed by atoms with Crippen molar-refractivity contribution in [3.8, 4) is 0 Å². The molecule has 0 heterocycles. The predicted octanol–water partition coefficient (Wildman–Crippen LogP) is 1.75. The Hall–Kier alpha value is -1.32. The molecule has 4 nitrogen and oxygen atoms in total. The van der Waals surface area contributed by atoms with Crippen LogP contribution < -0.4 is 0 Å². The van der Waals surface area contributed by atoms with Gasteiger partial charge in [0.25, 0.3) is 0 Å². The van der Waals surface area contributed by atoms with Crippen molar-refractivity contribution in [2.24, 2.45) is 0 Å². The van der Waals surface area contributed by atoms with E-state index < -0.39 is 0 Å². The predicted molar refractivity (Wildman–Crippen MR) is 58.7 cm³/mol. The Balaban J connectivity index is -0.000000147. The first-order chi connectivity index (χ1) is 6.64. The van der Waals surface area contributed by atoms with E-state index in [9.17, 15) is 19.2 Å². The molecule has 0 spiro atoms. The first-order valence-corrected chi connectivity index (χ1v) is 4.63. The van der Waals surface area contributed by atoms with Crippen LogP contribution in [0.1, 0.15) is 48.0 Å². The van der Waals surface area contributed by atoms with Crippen LogP contribution in [0.2, 0.25) is 0 Å². The summed E-state index contributed by atoms with van der Waals surface area (Å²) in [4.78, 5) is 38.8. The van der Waals surface area contributed by atoms with Gasteiger partial charge < -0.3 is 9.59 Å². The molecule has 0 aromatic carbocycles. The Bertz CT molecular complexity index is 213. The van der Waals surface area contributed by atoms with Crippen molar-refractivity contribution in [1.29, 1.82) is 0 Å². The van der Waals surface area contributed by atoms with E-state index >= 15 is 0 Å². The van der Waals surface area contributed by atoms with Crippen LogP contribution in [0.5, 0.6) is 0 Å². The Kier molecular flexibility index (Phi) is 16.3. The number of rotatable bonds is 2. The summed E-state index contributed by atoms with van der Waals surface area (Å²) in [5, 5.41) is 0. The van der Waals surface area contributed by atoms with Crippen molar-refractivity contribution in [3.63, 3.8) is 0 Å². The van der Waals surface area contributed by atoms with Gasteiger partial charge in [-0.2, -0.15) is 0 Å². The fraction of sp³-hybridized carbons (Fsp3) is 0.636. The molecule has 0 aromatic rings. The molecule has 0 rings (SSSR count). The van der Waals surface area contributed by atoms with Gasteiger partial charge in [-0.15, -0.1) is 0 Å². The van der Waals surface area contributed by atoms with Crippen molar-refractivity contribution in [1.82, 2.24) is 0 Å². The molecular weight excluding hydrogens is 196 g/mol. The highest BCUT2D eigenvalue weighted by molar-refractivity contribution is 6.35. The second-order valence-corrected chi connectivity index (χ2v) is 3.08. The molecule has 0 fully saturated rings. The lowest BCUT2D eigenvalue weighted by Crippen LogP contribution is -2.01. The van der Waals surface area contributed by atoms with Gasteiger partial charge in [0.2, 0.25) is 0 Å². The molecule has 0 N–H and O–H groups in total. The van der Waals surface area contributed by atoms with Crippen LogP contribution in [-0.2, 0) is 19.2 Å². The van der Waals surface area contributed by atoms with Gasteiger partial charge in [0.15, 0.2) is 11.6 Å². The fourth-order valence-electron chi connectivity index (χ4n) is 0. The van der Waals surface area contributed by atoms with Crippen molar-refractivity contribution in [2.45, 2.75) is 48.0 Å². The second-order valence-electron chi connectivity index (χ2n) is 3.08. The van der Waals surface area contributed by atoms with Gasteiger partial charge in [0.1, 0.15) is 11.6 Å². The summed E-state index contributed by atoms with van der Waals surface area (Å²) in [7, 11) is 0. The maximum absolute atomic E-state index is 9.81. The third kappa shape index (κ3) is 66.0. The zero-order valence-electron chi connectivity index (χ0n) is 10.3. The molecule has 0 aliphatic carbocycles. The lowest BCUT2D eigenvalue weighted by atomic mass is 10.3. The van der Waals surface area contributed by atoms with E-state index in [-0.39, 0.29) is 23.1 Å². The molecule has 0 aliphatic heterocycles. The highest BCUT2D eigenvalue weighted by atomic mass is 16.2. The molecule has 0 amide bonds. The van der Waals surface area contributed by atoms with E-state index in [4.69, 9.17) is 0 Å². The Labute approximate surface area is 91.0 Å². The molecule has 0 aliphatic rings. The Morgan fingerprint density at radius 3 is 0.867 bits per heavy atom. The average Bonchev–Trinajstić information content (AvgIpc) is 2.04.